The van der Waals surface area contributed by atoms with Gasteiger partial charge in [0.2, 0.25) is 0 Å². The van der Waals surface area contributed by atoms with Gasteiger partial charge >= 0.3 is 0 Å². The van der Waals surface area contributed by atoms with Crippen LogP contribution >= 0.6 is 23.1 Å². The molecule has 0 unspecified atom stereocenters. The molecule has 2 N–H and O–H groups in total. The van der Waals surface area contributed by atoms with E-state index in [1.165, 1.54) is 16.9 Å². The molecule has 0 atom stereocenters. The molecule has 4 nitrogen and oxygen atoms in total. The first-order chi connectivity index (χ1) is 14.5. The summed E-state index contributed by atoms with van der Waals surface area (Å²) in [6.07, 6.45) is 1.71. The Morgan fingerprint density at radius 3 is 2.47 bits per heavy atom. The zero-order valence-corrected chi connectivity index (χ0v) is 18.6. The van der Waals surface area contributed by atoms with Crippen molar-refractivity contribution in [2.24, 2.45) is 0 Å². The van der Waals surface area contributed by atoms with E-state index in [1.54, 1.807) is 23.9 Å². The van der Waals surface area contributed by atoms with Crippen molar-refractivity contribution in [1.82, 2.24) is 10.6 Å². The van der Waals surface area contributed by atoms with Gasteiger partial charge in [-0.1, -0.05) is 42.0 Å². The fourth-order valence-corrected chi connectivity index (χ4v) is 4.18. The van der Waals surface area contributed by atoms with Gasteiger partial charge in [-0.15, -0.1) is 23.1 Å². The van der Waals surface area contributed by atoms with Crippen LogP contribution in [0.3, 0.4) is 0 Å². The van der Waals surface area contributed by atoms with E-state index in [2.05, 4.69) is 41.8 Å². The van der Waals surface area contributed by atoms with Gasteiger partial charge in [0.05, 0.1) is 0 Å². The lowest BCUT2D eigenvalue weighted by Gasteiger charge is -2.12. The lowest BCUT2D eigenvalue weighted by atomic mass is 10.1. The number of rotatable bonds is 8. The summed E-state index contributed by atoms with van der Waals surface area (Å²) >= 11 is 3.19. The quantitative estimate of drug-likeness (QED) is 0.295. The third-order valence-electron chi connectivity index (χ3n) is 4.39. The number of carbonyl (C=O) groups is 2. The number of amides is 2. The number of hydrogen-bond donors (Lipinski definition) is 2. The molecule has 0 radical (unpaired) electrons. The molecule has 0 aliphatic rings. The average Bonchev–Trinajstić information content (AvgIpc) is 3.25. The average molecular weight is 437 g/mol. The Balaban J connectivity index is 1.63. The number of thioether (sulfide) groups is 1. The molecule has 154 valence electrons. The van der Waals surface area contributed by atoms with Crippen LogP contribution in [0.5, 0.6) is 0 Å². The number of carbonyl (C=O) groups excluding carboxylic acids is 2. The van der Waals surface area contributed by atoms with E-state index in [-0.39, 0.29) is 17.5 Å². The summed E-state index contributed by atoms with van der Waals surface area (Å²) in [4.78, 5) is 27.6. The van der Waals surface area contributed by atoms with Gasteiger partial charge in [-0.2, -0.15) is 0 Å². The van der Waals surface area contributed by atoms with E-state index in [0.717, 1.165) is 21.1 Å². The SMILES string of the molecule is Cc1ccc(SCCNC(=O)/C(=C/c2cccs2)NC(=O)c2ccccc2C)cc1. The van der Waals surface area contributed by atoms with Crippen LogP contribution in [0.2, 0.25) is 0 Å². The Hall–Kier alpha value is -2.83. The van der Waals surface area contributed by atoms with Gasteiger partial charge in [0, 0.05) is 27.6 Å². The highest BCUT2D eigenvalue weighted by molar-refractivity contribution is 7.99. The molecule has 0 aliphatic carbocycles. The Morgan fingerprint density at radius 1 is 1.00 bits per heavy atom. The van der Waals surface area contributed by atoms with Crippen LogP contribution in [-0.2, 0) is 4.79 Å². The van der Waals surface area contributed by atoms with Crippen LogP contribution in [0.4, 0.5) is 0 Å². The van der Waals surface area contributed by atoms with Crippen molar-refractivity contribution in [3.63, 3.8) is 0 Å². The smallest absolute Gasteiger partial charge is 0.267 e. The highest BCUT2D eigenvalue weighted by Gasteiger charge is 2.16. The van der Waals surface area contributed by atoms with Gasteiger partial charge in [-0.25, -0.2) is 0 Å². The summed E-state index contributed by atoms with van der Waals surface area (Å²) < 4.78 is 0. The summed E-state index contributed by atoms with van der Waals surface area (Å²) in [7, 11) is 0. The van der Waals surface area contributed by atoms with Crippen LogP contribution in [0, 0.1) is 13.8 Å². The van der Waals surface area contributed by atoms with Gasteiger partial charge in [-0.05, 0) is 55.1 Å². The van der Waals surface area contributed by atoms with E-state index >= 15 is 0 Å². The first kappa shape index (κ1) is 21.9. The molecule has 6 heteroatoms. The molecule has 3 aromatic rings. The molecular weight excluding hydrogens is 412 g/mol. The topological polar surface area (TPSA) is 58.2 Å². The molecule has 2 aromatic carbocycles. The molecule has 0 aliphatic heterocycles. The predicted octanol–water partition coefficient (Wildman–Crippen LogP) is 5.04. The molecule has 0 fully saturated rings. The van der Waals surface area contributed by atoms with E-state index < -0.39 is 0 Å². The highest BCUT2D eigenvalue weighted by Crippen LogP contribution is 2.18. The molecule has 2 amide bonds. The molecular formula is C24H24N2O2S2. The summed E-state index contributed by atoms with van der Waals surface area (Å²) in [5.41, 5.74) is 2.88. The lowest BCUT2D eigenvalue weighted by molar-refractivity contribution is -0.117. The molecule has 3 rings (SSSR count). The maximum absolute atomic E-state index is 12.8. The normalized spacial score (nSPS) is 11.2. The van der Waals surface area contributed by atoms with Crippen molar-refractivity contribution in [2.45, 2.75) is 18.7 Å². The second kappa shape index (κ2) is 10.8. The maximum atomic E-state index is 12.8. The Labute approximate surface area is 185 Å². The zero-order chi connectivity index (χ0) is 21.3. The monoisotopic (exact) mass is 436 g/mol. The van der Waals surface area contributed by atoms with Crippen molar-refractivity contribution in [3.8, 4) is 0 Å². The van der Waals surface area contributed by atoms with Gasteiger partial charge < -0.3 is 10.6 Å². The second-order valence-corrected chi connectivity index (χ2v) is 8.91. The van der Waals surface area contributed by atoms with E-state index in [4.69, 9.17) is 0 Å². The molecule has 0 spiro atoms. The van der Waals surface area contributed by atoms with Crippen LogP contribution < -0.4 is 10.6 Å². The number of aryl methyl sites for hydroxylation is 2. The zero-order valence-electron chi connectivity index (χ0n) is 17.0. The number of thiophene rings is 1. The van der Waals surface area contributed by atoms with Crippen LogP contribution in [-0.4, -0.2) is 24.1 Å². The Bertz CT molecular complexity index is 1030. The number of nitrogens with one attached hydrogen (secondary N) is 2. The van der Waals surface area contributed by atoms with Crippen LogP contribution in [0.1, 0.15) is 26.4 Å². The van der Waals surface area contributed by atoms with Crippen molar-refractivity contribution in [3.05, 3.63) is 93.3 Å². The van der Waals surface area contributed by atoms with Crippen molar-refractivity contribution in [2.75, 3.05) is 12.3 Å². The standard InChI is InChI=1S/C24H24N2O2S2/c1-17-9-11-19(12-10-17)30-15-13-25-24(28)22(16-20-7-5-14-29-20)26-23(27)21-8-4-3-6-18(21)2/h3-12,14,16H,13,15H2,1-2H3,(H,25,28)(H,26,27)/b22-16-. The van der Waals surface area contributed by atoms with E-state index in [9.17, 15) is 9.59 Å². The Morgan fingerprint density at radius 2 is 1.77 bits per heavy atom. The molecule has 30 heavy (non-hydrogen) atoms. The van der Waals surface area contributed by atoms with Gasteiger partial charge in [0.25, 0.3) is 11.8 Å². The number of benzene rings is 2. The summed E-state index contributed by atoms with van der Waals surface area (Å²) in [6, 6.07) is 19.4. The van der Waals surface area contributed by atoms with E-state index in [0.29, 0.717) is 12.1 Å². The minimum absolute atomic E-state index is 0.242. The van der Waals surface area contributed by atoms with Crippen molar-refractivity contribution >= 4 is 41.0 Å². The third-order valence-corrected chi connectivity index (χ3v) is 6.22. The van der Waals surface area contributed by atoms with Crippen LogP contribution in [0.25, 0.3) is 6.08 Å². The molecule has 0 saturated heterocycles. The summed E-state index contributed by atoms with van der Waals surface area (Å²) in [5.74, 6) is 0.155. The highest BCUT2D eigenvalue weighted by atomic mass is 32.2. The van der Waals surface area contributed by atoms with E-state index in [1.807, 2.05) is 42.6 Å². The molecule has 1 heterocycles. The molecule has 0 bridgehead atoms. The van der Waals surface area contributed by atoms with Gasteiger partial charge in [-0.3, -0.25) is 9.59 Å². The molecule has 1 aromatic heterocycles. The third kappa shape index (κ3) is 6.34. The van der Waals surface area contributed by atoms with Gasteiger partial charge in [0.1, 0.15) is 5.70 Å². The van der Waals surface area contributed by atoms with Crippen molar-refractivity contribution < 1.29 is 9.59 Å². The fraction of sp³-hybridized carbons (Fsp3) is 0.167. The predicted molar refractivity (Wildman–Crippen MR) is 126 cm³/mol. The number of hydrogen-bond acceptors (Lipinski definition) is 4. The fourth-order valence-electron chi connectivity index (χ4n) is 2.75. The largest absolute Gasteiger partial charge is 0.350 e. The first-order valence-corrected chi connectivity index (χ1v) is 11.5. The van der Waals surface area contributed by atoms with Crippen LogP contribution in [0.15, 0.2) is 76.6 Å². The van der Waals surface area contributed by atoms with Crippen molar-refractivity contribution in [1.29, 1.82) is 0 Å². The lowest BCUT2D eigenvalue weighted by Crippen LogP contribution is -2.36. The maximum Gasteiger partial charge on any atom is 0.267 e. The minimum Gasteiger partial charge on any atom is -0.350 e. The van der Waals surface area contributed by atoms with Gasteiger partial charge in [0.15, 0.2) is 0 Å². The second-order valence-electron chi connectivity index (χ2n) is 6.76. The minimum atomic E-state index is -0.296. The summed E-state index contributed by atoms with van der Waals surface area (Å²) in [6.45, 7) is 4.43. The Kier molecular flexibility index (Phi) is 7.88. The first-order valence-electron chi connectivity index (χ1n) is 9.63. The molecule has 0 saturated carbocycles. The summed E-state index contributed by atoms with van der Waals surface area (Å²) in [5, 5.41) is 7.63.